The molecule has 2 fully saturated rings. The second-order valence-electron chi connectivity index (χ2n) is 5.26. The van der Waals surface area contributed by atoms with E-state index in [4.69, 9.17) is 9.47 Å². The van der Waals surface area contributed by atoms with Crippen molar-refractivity contribution in [1.29, 1.82) is 0 Å². The molecule has 16 heavy (non-hydrogen) atoms. The molecule has 1 saturated carbocycles. The molecule has 2 nitrogen and oxygen atoms in total. The largest absolute Gasteiger partial charge is 0.347 e. The van der Waals surface area contributed by atoms with E-state index in [1.807, 2.05) is 6.92 Å². The first-order chi connectivity index (χ1) is 7.65. The standard InChI is InChI=1S/C14H22O2/c1-4-5-8-13(3)12(2)7-6-9-14(13)15-10-11-16-14/h12H,6-11H2,1-3H3/t12-,13+/m1/s1. The maximum absolute atomic E-state index is 5.97. The van der Waals surface area contributed by atoms with E-state index in [1.54, 1.807) is 0 Å². The van der Waals surface area contributed by atoms with Crippen molar-refractivity contribution in [3.05, 3.63) is 0 Å². The molecule has 1 spiro atoms. The van der Waals surface area contributed by atoms with E-state index in [0.717, 1.165) is 26.1 Å². The van der Waals surface area contributed by atoms with Crippen LogP contribution in [0.15, 0.2) is 0 Å². The van der Waals surface area contributed by atoms with Crippen molar-refractivity contribution in [3.8, 4) is 11.8 Å². The molecule has 0 amide bonds. The fraction of sp³-hybridized carbons (Fsp3) is 0.857. The van der Waals surface area contributed by atoms with E-state index < -0.39 is 0 Å². The predicted molar refractivity (Wildman–Crippen MR) is 63.8 cm³/mol. The van der Waals surface area contributed by atoms with Crippen LogP contribution >= 0.6 is 0 Å². The minimum absolute atomic E-state index is 0.0464. The zero-order chi connectivity index (χ0) is 11.6. The average Bonchev–Trinajstić information content (AvgIpc) is 2.74. The van der Waals surface area contributed by atoms with Crippen LogP contribution in [0, 0.1) is 23.2 Å². The monoisotopic (exact) mass is 222 g/mol. The first kappa shape index (κ1) is 12.0. The molecule has 0 radical (unpaired) electrons. The molecule has 1 heterocycles. The van der Waals surface area contributed by atoms with Gasteiger partial charge in [0.2, 0.25) is 0 Å². The molecule has 0 N–H and O–H groups in total. The molecule has 2 rings (SSSR count). The van der Waals surface area contributed by atoms with Gasteiger partial charge in [0.15, 0.2) is 5.79 Å². The summed E-state index contributed by atoms with van der Waals surface area (Å²) in [6, 6.07) is 0. The smallest absolute Gasteiger partial charge is 0.174 e. The average molecular weight is 222 g/mol. The molecule has 2 atom stereocenters. The van der Waals surface area contributed by atoms with Crippen molar-refractivity contribution in [2.24, 2.45) is 11.3 Å². The molecule has 0 aromatic heterocycles. The molecule has 0 aromatic rings. The lowest BCUT2D eigenvalue weighted by molar-refractivity contribution is -0.264. The Morgan fingerprint density at radius 2 is 2.00 bits per heavy atom. The van der Waals surface area contributed by atoms with Crippen LogP contribution in [0.2, 0.25) is 0 Å². The van der Waals surface area contributed by atoms with E-state index in [0.29, 0.717) is 5.92 Å². The van der Waals surface area contributed by atoms with E-state index in [-0.39, 0.29) is 11.2 Å². The van der Waals surface area contributed by atoms with Crippen LogP contribution in [0.3, 0.4) is 0 Å². The molecule has 1 saturated heterocycles. The maximum Gasteiger partial charge on any atom is 0.174 e. The van der Waals surface area contributed by atoms with Gasteiger partial charge in [0.25, 0.3) is 0 Å². The lowest BCUT2D eigenvalue weighted by Crippen LogP contribution is -2.53. The van der Waals surface area contributed by atoms with Crippen LogP contribution in [0.5, 0.6) is 0 Å². The molecule has 0 bridgehead atoms. The van der Waals surface area contributed by atoms with Crippen molar-refractivity contribution in [2.45, 2.75) is 52.2 Å². The minimum atomic E-state index is -0.353. The summed E-state index contributed by atoms with van der Waals surface area (Å²) in [5, 5.41) is 0. The van der Waals surface area contributed by atoms with Crippen LogP contribution in [0.25, 0.3) is 0 Å². The third kappa shape index (κ3) is 1.67. The quantitative estimate of drug-likeness (QED) is 0.635. The normalized spacial score (nSPS) is 37.1. The van der Waals surface area contributed by atoms with Gasteiger partial charge in [0.1, 0.15) is 0 Å². The molecule has 2 aliphatic rings. The first-order valence-electron chi connectivity index (χ1n) is 6.32. The highest BCUT2D eigenvalue weighted by atomic mass is 16.7. The summed E-state index contributed by atoms with van der Waals surface area (Å²) in [5.41, 5.74) is 0.0464. The Labute approximate surface area is 98.7 Å². The van der Waals surface area contributed by atoms with Crippen molar-refractivity contribution >= 4 is 0 Å². The van der Waals surface area contributed by atoms with Crippen LogP contribution in [0.1, 0.15) is 46.5 Å². The Hall–Kier alpha value is -0.520. The van der Waals surface area contributed by atoms with Gasteiger partial charge in [-0.05, 0) is 25.7 Å². The van der Waals surface area contributed by atoms with E-state index in [1.165, 1.54) is 12.8 Å². The topological polar surface area (TPSA) is 18.5 Å². The molecule has 90 valence electrons. The first-order valence-corrected chi connectivity index (χ1v) is 6.32. The summed E-state index contributed by atoms with van der Waals surface area (Å²) in [5.74, 6) is 6.49. The maximum atomic E-state index is 5.97. The van der Waals surface area contributed by atoms with Crippen molar-refractivity contribution in [2.75, 3.05) is 13.2 Å². The van der Waals surface area contributed by atoms with Gasteiger partial charge in [0.05, 0.1) is 13.2 Å². The van der Waals surface area contributed by atoms with Gasteiger partial charge in [-0.3, -0.25) is 0 Å². The predicted octanol–water partition coefficient (Wildman–Crippen LogP) is 2.97. The number of hydrogen-bond donors (Lipinski definition) is 0. The summed E-state index contributed by atoms with van der Waals surface area (Å²) in [7, 11) is 0. The number of ether oxygens (including phenoxy) is 2. The zero-order valence-corrected chi connectivity index (χ0v) is 10.6. The molecular formula is C14H22O2. The van der Waals surface area contributed by atoms with Gasteiger partial charge < -0.3 is 9.47 Å². The lowest BCUT2D eigenvalue weighted by atomic mass is 9.62. The fourth-order valence-corrected chi connectivity index (χ4v) is 3.13. The van der Waals surface area contributed by atoms with Gasteiger partial charge in [0, 0.05) is 18.3 Å². The third-order valence-corrected chi connectivity index (χ3v) is 4.49. The third-order valence-electron chi connectivity index (χ3n) is 4.49. The summed E-state index contributed by atoms with van der Waals surface area (Å²) < 4.78 is 11.9. The Bertz CT molecular complexity index is 306. The highest BCUT2D eigenvalue weighted by Gasteiger charge is 2.56. The summed E-state index contributed by atoms with van der Waals surface area (Å²) >= 11 is 0. The molecule has 1 aliphatic heterocycles. The molecule has 1 aliphatic carbocycles. The Morgan fingerprint density at radius 1 is 1.31 bits per heavy atom. The summed E-state index contributed by atoms with van der Waals surface area (Å²) in [6.45, 7) is 7.97. The molecule has 0 aromatic carbocycles. The summed E-state index contributed by atoms with van der Waals surface area (Å²) in [6.07, 6.45) is 4.37. The van der Waals surface area contributed by atoms with Crippen molar-refractivity contribution in [1.82, 2.24) is 0 Å². The second kappa shape index (κ2) is 4.39. The van der Waals surface area contributed by atoms with E-state index >= 15 is 0 Å². The highest BCUT2D eigenvalue weighted by Crippen LogP contribution is 2.53. The van der Waals surface area contributed by atoms with Gasteiger partial charge in [-0.15, -0.1) is 11.8 Å². The number of hydrogen-bond acceptors (Lipinski definition) is 2. The van der Waals surface area contributed by atoms with Gasteiger partial charge in [-0.2, -0.15) is 0 Å². The molecular weight excluding hydrogens is 200 g/mol. The second-order valence-corrected chi connectivity index (χ2v) is 5.26. The number of rotatable bonds is 1. The van der Waals surface area contributed by atoms with Crippen LogP contribution in [0.4, 0.5) is 0 Å². The van der Waals surface area contributed by atoms with Gasteiger partial charge in [-0.25, -0.2) is 0 Å². The van der Waals surface area contributed by atoms with E-state index in [9.17, 15) is 0 Å². The van der Waals surface area contributed by atoms with Crippen LogP contribution < -0.4 is 0 Å². The fourth-order valence-electron chi connectivity index (χ4n) is 3.13. The zero-order valence-electron chi connectivity index (χ0n) is 10.6. The highest BCUT2D eigenvalue weighted by molar-refractivity contribution is 5.08. The van der Waals surface area contributed by atoms with Crippen molar-refractivity contribution in [3.63, 3.8) is 0 Å². The molecule has 2 heteroatoms. The van der Waals surface area contributed by atoms with Gasteiger partial charge >= 0.3 is 0 Å². The SMILES string of the molecule is CC#CC[C@@]1(C)[C@H](C)CCCC12OCCO2. The minimum Gasteiger partial charge on any atom is -0.347 e. The molecule has 0 unspecified atom stereocenters. The summed E-state index contributed by atoms with van der Waals surface area (Å²) in [4.78, 5) is 0. The van der Waals surface area contributed by atoms with E-state index in [2.05, 4.69) is 25.7 Å². The Morgan fingerprint density at radius 3 is 2.62 bits per heavy atom. The lowest BCUT2D eigenvalue weighted by Gasteiger charge is -2.51. The van der Waals surface area contributed by atoms with Crippen LogP contribution in [-0.2, 0) is 9.47 Å². The van der Waals surface area contributed by atoms with Crippen LogP contribution in [-0.4, -0.2) is 19.0 Å². The Kier molecular flexibility index (Phi) is 3.28. The van der Waals surface area contributed by atoms with Crippen molar-refractivity contribution < 1.29 is 9.47 Å². The Balaban J connectivity index is 2.28. The van der Waals surface area contributed by atoms with Gasteiger partial charge in [-0.1, -0.05) is 13.8 Å².